The van der Waals surface area contributed by atoms with E-state index < -0.39 is 0 Å². The summed E-state index contributed by atoms with van der Waals surface area (Å²) in [6, 6.07) is 9.65. The number of methoxy groups -OCH3 is 1. The SMILES string of the molecule is COc1ccc(-c2nccc(NCCN3CCOCC3)n2)cc1. The molecule has 1 aromatic carbocycles. The number of anilines is 1. The predicted octanol–water partition coefficient (Wildman–Crippen LogP) is 1.90. The third kappa shape index (κ3) is 4.40. The topological polar surface area (TPSA) is 59.5 Å². The zero-order chi connectivity index (χ0) is 15.9. The summed E-state index contributed by atoms with van der Waals surface area (Å²) in [6.07, 6.45) is 1.78. The van der Waals surface area contributed by atoms with Crippen LogP contribution in [0, 0.1) is 0 Å². The third-order valence-electron chi connectivity index (χ3n) is 3.84. The second-order valence-corrected chi connectivity index (χ2v) is 5.37. The number of morpholine rings is 1. The molecule has 0 bridgehead atoms. The lowest BCUT2D eigenvalue weighted by atomic mass is 10.2. The van der Waals surface area contributed by atoms with Crippen LogP contribution >= 0.6 is 0 Å². The van der Waals surface area contributed by atoms with E-state index >= 15 is 0 Å². The van der Waals surface area contributed by atoms with Gasteiger partial charge in [-0.3, -0.25) is 4.90 Å². The van der Waals surface area contributed by atoms with Crippen LogP contribution in [0.5, 0.6) is 5.75 Å². The van der Waals surface area contributed by atoms with Crippen molar-refractivity contribution in [3.05, 3.63) is 36.5 Å². The van der Waals surface area contributed by atoms with Gasteiger partial charge in [-0.25, -0.2) is 9.97 Å². The van der Waals surface area contributed by atoms with Gasteiger partial charge < -0.3 is 14.8 Å². The molecule has 2 heterocycles. The van der Waals surface area contributed by atoms with Crippen LogP contribution in [0.4, 0.5) is 5.82 Å². The van der Waals surface area contributed by atoms with Crippen LogP contribution < -0.4 is 10.1 Å². The Bertz CT molecular complexity index is 612. The van der Waals surface area contributed by atoms with Gasteiger partial charge in [-0.15, -0.1) is 0 Å². The molecule has 1 saturated heterocycles. The Morgan fingerprint density at radius 3 is 2.70 bits per heavy atom. The molecule has 0 radical (unpaired) electrons. The van der Waals surface area contributed by atoms with Crippen LogP contribution in [0.2, 0.25) is 0 Å². The van der Waals surface area contributed by atoms with Crippen molar-refractivity contribution in [1.29, 1.82) is 0 Å². The molecule has 1 N–H and O–H groups in total. The molecule has 1 aliphatic heterocycles. The van der Waals surface area contributed by atoms with Gasteiger partial charge in [0.25, 0.3) is 0 Å². The van der Waals surface area contributed by atoms with Crippen LogP contribution in [-0.4, -0.2) is 61.4 Å². The number of benzene rings is 1. The summed E-state index contributed by atoms with van der Waals surface area (Å²) in [5, 5.41) is 3.37. The molecule has 1 fully saturated rings. The zero-order valence-corrected chi connectivity index (χ0v) is 13.4. The van der Waals surface area contributed by atoms with E-state index in [2.05, 4.69) is 20.2 Å². The average molecular weight is 314 g/mol. The number of aromatic nitrogens is 2. The monoisotopic (exact) mass is 314 g/mol. The highest BCUT2D eigenvalue weighted by molar-refractivity contribution is 5.57. The molecule has 0 atom stereocenters. The van der Waals surface area contributed by atoms with Crippen LogP contribution in [0.15, 0.2) is 36.5 Å². The lowest BCUT2D eigenvalue weighted by Crippen LogP contribution is -2.39. The van der Waals surface area contributed by atoms with E-state index in [1.165, 1.54) is 0 Å². The molecular formula is C17H22N4O2. The smallest absolute Gasteiger partial charge is 0.161 e. The minimum atomic E-state index is 0.712. The molecule has 0 spiro atoms. The Balaban J connectivity index is 1.58. The molecule has 23 heavy (non-hydrogen) atoms. The van der Waals surface area contributed by atoms with Crippen molar-refractivity contribution < 1.29 is 9.47 Å². The predicted molar refractivity (Wildman–Crippen MR) is 89.8 cm³/mol. The first-order valence-electron chi connectivity index (χ1n) is 7.86. The Hall–Kier alpha value is -2.18. The van der Waals surface area contributed by atoms with E-state index in [1.54, 1.807) is 13.3 Å². The average Bonchev–Trinajstić information content (AvgIpc) is 2.63. The van der Waals surface area contributed by atoms with E-state index in [0.29, 0.717) is 5.82 Å². The van der Waals surface area contributed by atoms with Crippen molar-refractivity contribution in [2.45, 2.75) is 0 Å². The van der Waals surface area contributed by atoms with Gasteiger partial charge in [0.15, 0.2) is 5.82 Å². The fraction of sp³-hybridized carbons (Fsp3) is 0.412. The lowest BCUT2D eigenvalue weighted by Gasteiger charge is -2.26. The summed E-state index contributed by atoms with van der Waals surface area (Å²) < 4.78 is 10.5. The van der Waals surface area contributed by atoms with E-state index in [9.17, 15) is 0 Å². The van der Waals surface area contributed by atoms with E-state index in [-0.39, 0.29) is 0 Å². The van der Waals surface area contributed by atoms with Gasteiger partial charge in [-0.05, 0) is 30.3 Å². The van der Waals surface area contributed by atoms with E-state index in [1.807, 2.05) is 30.3 Å². The van der Waals surface area contributed by atoms with Gasteiger partial charge in [0.05, 0.1) is 20.3 Å². The first-order valence-corrected chi connectivity index (χ1v) is 7.86. The van der Waals surface area contributed by atoms with Gasteiger partial charge in [0.2, 0.25) is 0 Å². The second-order valence-electron chi connectivity index (χ2n) is 5.37. The zero-order valence-electron chi connectivity index (χ0n) is 13.4. The summed E-state index contributed by atoms with van der Waals surface area (Å²) in [7, 11) is 1.66. The Labute approximate surface area is 136 Å². The van der Waals surface area contributed by atoms with Crippen LogP contribution in [0.1, 0.15) is 0 Å². The van der Waals surface area contributed by atoms with Crippen molar-refractivity contribution in [3.63, 3.8) is 0 Å². The maximum Gasteiger partial charge on any atom is 0.161 e. The lowest BCUT2D eigenvalue weighted by molar-refractivity contribution is 0.0398. The number of hydrogen-bond acceptors (Lipinski definition) is 6. The first kappa shape index (κ1) is 15.7. The summed E-state index contributed by atoms with van der Waals surface area (Å²) in [4.78, 5) is 11.3. The van der Waals surface area contributed by atoms with Crippen LogP contribution in [0.25, 0.3) is 11.4 Å². The van der Waals surface area contributed by atoms with Gasteiger partial charge in [-0.2, -0.15) is 0 Å². The Kier molecular flexibility index (Phi) is 5.39. The van der Waals surface area contributed by atoms with E-state index in [4.69, 9.17) is 9.47 Å². The third-order valence-corrected chi connectivity index (χ3v) is 3.84. The quantitative estimate of drug-likeness (QED) is 0.879. The standard InChI is InChI=1S/C17H22N4O2/c1-22-15-4-2-14(3-5-15)17-19-7-6-16(20-17)18-8-9-21-10-12-23-13-11-21/h2-7H,8-13H2,1H3,(H,18,19,20). The number of rotatable bonds is 6. The number of ether oxygens (including phenoxy) is 2. The number of nitrogens with one attached hydrogen (secondary N) is 1. The largest absolute Gasteiger partial charge is 0.497 e. The van der Waals surface area contributed by atoms with Crippen molar-refractivity contribution >= 4 is 5.82 Å². The summed E-state index contributed by atoms with van der Waals surface area (Å²) in [5.74, 6) is 2.39. The minimum Gasteiger partial charge on any atom is -0.497 e. The normalized spacial score (nSPS) is 15.3. The van der Waals surface area contributed by atoms with Crippen molar-refractivity contribution in [1.82, 2.24) is 14.9 Å². The summed E-state index contributed by atoms with van der Waals surface area (Å²) >= 11 is 0. The molecule has 0 aliphatic carbocycles. The molecule has 0 unspecified atom stereocenters. The molecule has 1 aliphatic rings. The highest BCUT2D eigenvalue weighted by Gasteiger charge is 2.09. The maximum absolute atomic E-state index is 5.35. The molecular weight excluding hydrogens is 292 g/mol. The Morgan fingerprint density at radius 2 is 1.96 bits per heavy atom. The second kappa shape index (κ2) is 7.89. The van der Waals surface area contributed by atoms with Gasteiger partial charge >= 0.3 is 0 Å². The minimum absolute atomic E-state index is 0.712. The fourth-order valence-corrected chi connectivity index (χ4v) is 2.50. The van der Waals surface area contributed by atoms with Crippen molar-refractivity contribution in [2.24, 2.45) is 0 Å². The van der Waals surface area contributed by atoms with Crippen LogP contribution in [0.3, 0.4) is 0 Å². The molecule has 0 saturated carbocycles. The molecule has 2 aromatic rings. The van der Waals surface area contributed by atoms with Crippen molar-refractivity contribution in [2.75, 3.05) is 51.8 Å². The van der Waals surface area contributed by atoms with Gasteiger partial charge in [0.1, 0.15) is 11.6 Å². The highest BCUT2D eigenvalue weighted by atomic mass is 16.5. The molecule has 3 rings (SSSR count). The summed E-state index contributed by atoms with van der Waals surface area (Å²) in [5.41, 5.74) is 0.975. The Morgan fingerprint density at radius 1 is 1.17 bits per heavy atom. The molecule has 0 amide bonds. The highest BCUT2D eigenvalue weighted by Crippen LogP contribution is 2.19. The molecule has 1 aromatic heterocycles. The molecule has 6 heteroatoms. The number of hydrogen-bond donors (Lipinski definition) is 1. The van der Waals surface area contributed by atoms with Gasteiger partial charge in [0, 0.05) is 37.9 Å². The van der Waals surface area contributed by atoms with Crippen molar-refractivity contribution in [3.8, 4) is 17.1 Å². The first-order chi connectivity index (χ1) is 11.3. The summed E-state index contributed by atoms with van der Waals surface area (Å²) in [6.45, 7) is 5.51. The van der Waals surface area contributed by atoms with Gasteiger partial charge in [-0.1, -0.05) is 0 Å². The maximum atomic E-state index is 5.35. The van der Waals surface area contributed by atoms with Crippen LogP contribution in [-0.2, 0) is 4.74 Å². The fourth-order valence-electron chi connectivity index (χ4n) is 2.50. The van der Waals surface area contributed by atoms with E-state index in [0.717, 1.165) is 56.5 Å². The number of nitrogens with zero attached hydrogens (tertiary/aromatic N) is 3. The molecule has 122 valence electrons. The molecule has 6 nitrogen and oxygen atoms in total.